The van der Waals surface area contributed by atoms with Gasteiger partial charge in [-0.1, -0.05) is 17.3 Å². The van der Waals surface area contributed by atoms with Crippen LogP contribution < -0.4 is 10.6 Å². The molecule has 0 spiro atoms. The number of nitrogens with zero attached hydrogens (tertiary/aromatic N) is 2. The molecule has 1 aliphatic rings. The van der Waals surface area contributed by atoms with Crippen LogP contribution in [0.2, 0.25) is 0 Å². The molecule has 0 saturated heterocycles. The Hall–Kier alpha value is -2.30. The van der Waals surface area contributed by atoms with Crippen molar-refractivity contribution in [1.29, 1.82) is 0 Å². The molecule has 1 amide bonds. The van der Waals surface area contributed by atoms with Crippen LogP contribution in [0.15, 0.2) is 22.7 Å². The van der Waals surface area contributed by atoms with E-state index in [1.807, 2.05) is 32.0 Å². The lowest BCUT2D eigenvalue weighted by Gasteiger charge is -2.18. The van der Waals surface area contributed by atoms with Gasteiger partial charge in [0, 0.05) is 12.1 Å². The minimum Gasteiger partial charge on any atom is -0.397 e. The summed E-state index contributed by atoms with van der Waals surface area (Å²) in [4.78, 5) is 14.3. The minimum atomic E-state index is 0.0380. The standard InChI is InChI=1S/C15H17N3O2/c1-9-12(10(2)20-17-9)8-14(19)18-7-6-11-4-3-5-13(16)15(11)18/h3-5H,6-8,16H2,1-2H3. The molecule has 1 aromatic heterocycles. The van der Waals surface area contributed by atoms with Crippen molar-refractivity contribution in [2.24, 2.45) is 0 Å². The van der Waals surface area contributed by atoms with Gasteiger partial charge in [-0.2, -0.15) is 0 Å². The van der Waals surface area contributed by atoms with Gasteiger partial charge in [-0.05, 0) is 31.9 Å². The van der Waals surface area contributed by atoms with Crippen molar-refractivity contribution in [1.82, 2.24) is 5.16 Å². The van der Waals surface area contributed by atoms with Crippen LogP contribution in [0.5, 0.6) is 0 Å². The molecule has 20 heavy (non-hydrogen) atoms. The van der Waals surface area contributed by atoms with Gasteiger partial charge in [-0.3, -0.25) is 4.79 Å². The Morgan fingerprint density at radius 3 is 2.95 bits per heavy atom. The summed E-state index contributed by atoms with van der Waals surface area (Å²) in [7, 11) is 0. The third-order valence-corrected chi connectivity index (χ3v) is 3.84. The first kappa shape index (κ1) is 12.7. The van der Waals surface area contributed by atoms with Crippen LogP contribution >= 0.6 is 0 Å². The highest BCUT2D eigenvalue weighted by molar-refractivity contribution is 6.00. The Kier molecular flexibility index (Phi) is 2.97. The molecular weight excluding hydrogens is 254 g/mol. The highest BCUT2D eigenvalue weighted by atomic mass is 16.5. The van der Waals surface area contributed by atoms with E-state index >= 15 is 0 Å². The smallest absolute Gasteiger partial charge is 0.231 e. The monoisotopic (exact) mass is 271 g/mol. The largest absolute Gasteiger partial charge is 0.397 e. The zero-order chi connectivity index (χ0) is 14.3. The zero-order valence-corrected chi connectivity index (χ0v) is 11.6. The molecule has 0 atom stereocenters. The van der Waals surface area contributed by atoms with Gasteiger partial charge in [0.2, 0.25) is 5.91 Å². The summed E-state index contributed by atoms with van der Waals surface area (Å²) in [5.74, 6) is 0.743. The van der Waals surface area contributed by atoms with E-state index in [9.17, 15) is 4.79 Å². The van der Waals surface area contributed by atoms with Crippen molar-refractivity contribution < 1.29 is 9.32 Å². The number of aromatic nitrogens is 1. The van der Waals surface area contributed by atoms with Crippen molar-refractivity contribution in [2.75, 3.05) is 17.2 Å². The van der Waals surface area contributed by atoms with Gasteiger partial charge in [0.05, 0.1) is 23.5 Å². The van der Waals surface area contributed by atoms with Crippen molar-refractivity contribution in [3.8, 4) is 0 Å². The van der Waals surface area contributed by atoms with E-state index in [1.165, 1.54) is 0 Å². The van der Waals surface area contributed by atoms with Gasteiger partial charge >= 0.3 is 0 Å². The molecule has 5 nitrogen and oxygen atoms in total. The van der Waals surface area contributed by atoms with Gasteiger partial charge in [-0.15, -0.1) is 0 Å². The molecule has 5 heteroatoms. The van der Waals surface area contributed by atoms with Crippen molar-refractivity contribution >= 4 is 17.3 Å². The molecule has 104 valence electrons. The summed E-state index contributed by atoms with van der Waals surface area (Å²) in [6.45, 7) is 4.37. The van der Waals surface area contributed by atoms with Crippen LogP contribution in [-0.4, -0.2) is 17.6 Å². The number of aryl methyl sites for hydroxylation is 2. The predicted molar refractivity (Wildman–Crippen MR) is 76.6 cm³/mol. The fraction of sp³-hybridized carbons (Fsp3) is 0.333. The van der Waals surface area contributed by atoms with Gasteiger partial charge in [0.25, 0.3) is 0 Å². The van der Waals surface area contributed by atoms with Crippen LogP contribution in [0.4, 0.5) is 11.4 Å². The lowest BCUT2D eigenvalue weighted by molar-refractivity contribution is -0.117. The average molecular weight is 271 g/mol. The van der Waals surface area contributed by atoms with E-state index < -0.39 is 0 Å². The fourth-order valence-corrected chi connectivity index (χ4v) is 2.74. The molecular formula is C15H17N3O2. The van der Waals surface area contributed by atoms with Crippen LogP contribution in [0.3, 0.4) is 0 Å². The number of fused-ring (bicyclic) bond motifs is 1. The average Bonchev–Trinajstić information content (AvgIpc) is 2.98. The fourth-order valence-electron chi connectivity index (χ4n) is 2.74. The molecule has 0 bridgehead atoms. The molecule has 0 fully saturated rings. The van der Waals surface area contributed by atoms with Crippen LogP contribution in [0, 0.1) is 13.8 Å². The number of rotatable bonds is 2. The summed E-state index contributed by atoms with van der Waals surface area (Å²) < 4.78 is 5.11. The van der Waals surface area contributed by atoms with Gasteiger partial charge in [-0.25, -0.2) is 0 Å². The third kappa shape index (κ3) is 1.95. The van der Waals surface area contributed by atoms with Gasteiger partial charge in [0.15, 0.2) is 0 Å². The second-order valence-electron chi connectivity index (χ2n) is 5.13. The predicted octanol–water partition coefficient (Wildman–Crippen LogP) is 2.01. The first-order valence-corrected chi connectivity index (χ1v) is 6.67. The highest BCUT2D eigenvalue weighted by Gasteiger charge is 2.27. The molecule has 2 aromatic rings. The number of carbonyl (C=O) groups excluding carboxylic acids is 1. The van der Waals surface area contributed by atoms with E-state index in [0.29, 0.717) is 24.4 Å². The molecule has 2 heterocycles. The number of anilines is 2. The summed E-state index contributed by atoms with van der Waals surface area (Å²) in [5, 5.41) is 3.89. The second-order valence-corrected chi connectivity index (χ2v) is 5.13. The summed E-state index contributed by atoms with van der Waals surface area (Å²) in [6, 6.07) is 5.78. The lowest BCUT2D eigenvalue weighted by atomic mass is 10.1. The summed E-state index contributed by atoms with van der Waals surface area (Å²) >= 11 is 0. The highest BCUT2D eigenvalue weighted by Crippen LogP contribution is 2.34. The van der Waals surface area contributed by atoms with Crippen molar-refractivity contribution in [3.05, 3.63) is 40.8 Å². The van der Waals surface area contributed by atoms with Crippen molar-refractivity contribution in [3.63, 3.8) is 0 Å². The van der Waals surface area contributed by atoms with E-state index in [0.717, 1.165) is 28.9 Å². The molecule has 0 radical (unpaired) electrons. The molecule has 3 rings (SSSR count). The summed E-state index contributed by atoms with van der Waals surface area (Å²) in [5.41, 5.74) is 10.3. The Morgan fingerprint density at radius 1 is 1.45 bits per heavy atom. The molecule has 0 aliphatic carbocycles. The minimum absolute atomic E-state index is 0.0380. The quantitative estimate of drug-likeness (QED) is 0.848. The van der Waals surface area contributed by atoms with Crippen LogP contribution in [-0.2, 0) is 17.6 Å². The topological polar surface area (TPSA) is 72.4 Å². The number of amides is 1. The number of carbonyl (C=O) groups is 1. The molecule has 2 N–H and O–H groups in total. The van der Waals surface area contributed by atoms with Crippen LogP contribution in [0.1, 0.15) is 22.6 Å². The van der Waals surface area contributed by atoms with Gasteiger partial charge < -0.3 is 15.2 Å². The molecule has 1 aromatic carbocycles. The number of hydrogen-bond acceptors (Lipinski definition) is 4. The molecule has 0 saturated carbocycles. The maximum absolute atomic E-state index is 12.5. The Labute approximate surface area is 117 Å². The van der Waals surface area contributed by atoms with E-state index in [2.05, 4.69) is 5.16 Å². The maximum Gasteiger partial charge on any atom is 0.231 e. The van der Waals surface area contributed by atoms with E-state index in [4.69, 9.17) is 10.3 Å². The van der Waals surface area contributed by atoms with Crippen molar-refractivity contribution in [2.45, 2.75) is 26.7 Å². The normalized spacial score (nSPS) is 13.6. The number of para-hydroxylation sites is 1. The third-order valence-electron chi connectivity index (χ3n) is 3.84. The second kappa shape index (κ2) is 4.67. The first-order valence-electron chi connectivity index (χ1n) is 6.67. The zero-order valence-electron chi connectivity index (χ0n) is 11.6. The number of nitrogens with two attached hydrogens (primary N) is 1. The van der Waals surface area contributed by atoms with Crippen LogP contribution in [0.25, 0.3) is 0 Å². The van der Waals surface area contributed by atoms with E-state index in [1.54, 1.807) is 4.90 Å². The number of hydrogen-bond donors (Lipinski definition) is 1. The lowest BCUT2D eigenvalue weighted by Crippen LogP contribution is -2.31. The van der Waals surface area contributed by atoms with E-state index in [-0.39, 0.29) is 5.91 Å². The Bertz CT molecular complexity index is 656. The Balaban J connectivity index is 1.88. The van der Waals surface area contributed by atoms with Gasteiger partial charge in [0.1, 0.15) is 5.76 Å². The SMILES string of the molecule is Cc1noc(C)c1CC(=O)N1CCc2cccc(N)c21. The maximum atomic E-state index is 12.5. The number of benzene rings is 1. The Morgan fingerprint density at radius 2 is 2.25 bits per heavy atom. The number of nitrogen functional groups attached to an aromatic ring is 1. The summed E-state index contributed by atoms with van der Waals surface area (Å²) in [6.07, 6.45) is 1.16. The molecule has 0 unspecified atom stereocenters. The molecule has 1 aliphatic heterocycles. The first-order chi connectivity index (χ1) is 9.58.